The van der Waals surface area contributed by atoms with Crippen LogP contribution in [0.25, 0.3) is 0 Å². The van der Waals surface area contributed by atoms with Gasteiger partial charge in [-0.2, -0.15) is 0 Å². The number of hydrogen-bond acceptors (Lipinski definition) is 3. The number of amides is 1. The Morgan fingerprint density at radius 3 is 2.75 bits per heavy atom. The first-order valence-electron chi connectivity index (χ1n) is 7.36. The first-order valence-corrected chi connectivity index (χ1v) is 7.36. The number of carbonyl (C=O) groups excluding carboxylic acids is 1. The van der Waals surface area contributed by atoms with Gasteiger partial charge in [-0.3, -0.25) is 4.79 Å². The molecule has 0 aromatic heterocycles. The van der Waals surface area contributed by atoms with Crippen molar-refractivity contribution in [3.8, 4) is 11.5 Å². The molecule has 4 heteroatoms. The van der Waals surface area contributed by atoms with Crippen LogP contribution in [0.5, 0.6) is 11.5 Å². The van der Waals surface area contributed by atoms with Crippen molar-refractivity contribution < 1.29 is 14.3 Å². The summed E-state index contributed by atoms with van der Waals surface area (Å²) >= 11 is 0. The second-order valence-corrected chi connectivity index (χ2v) is 5.67. The molecule has 2 aliphatic carbocycles. The summed E-state index contributed by atoms with van der Waals surface area (Å²) < 4.78 is 11.5. The average molecular weight is 275 g/mol. The number of ether oxygens (including phenoxy) is 2. The number of rotatable bonds is 6. The van der Waals surface area contributed by atoms with Gasteiger partial charge < -0.3 is 14.8 Å². The van der Waals surface area contributed by atoms with E-state index in [1.54, 1.807) is 7.11 Å². The van der Waals surface area contributed by atoms with E-state index >= 15 is 0 Å². The van der Waals surface area contributed by atoms with E-state index in [1.807, 2.05) is 6.07 Å². The lowest BCUT2D eigenvalue weighted by Gasteiger charge is -2.17. The molecule has 2 aliphatic rings. The largest absolute Gasteiger partial charge is 0.493 e. The second-order valence-electron chi connectivity index (χ2n) is 5.67. The molecule has 2 fully saturated rings. The molecule has 1 aromatic rings. The van der Waals surface area contributed by atoms with E-state index in [9.17, 15) is 4.79 Å². The Balaban J connectivity index is 1.74. The number of carbonyl (C=O) groups is 1. The molecule has 2 saturated carbocycles. The fraction of sp³-hybridized carbons (Fsp3) is 0.562. The quantitative estimate of drug-likeness (QED) is 0.812. The summed E-state index contributed by atoms with van der Waals surface area (Å²) in [6.07, 6.45) is 6.87. The number of methoxy groups -OCH3 is 1. The van der Waals surface area contributed by atoms with Crippen molar-refractivity contribution in [3.63, 3.8) is 0 Å². The Labute approximate surface area is 119 Å². The summed E-state index contributed by atoms with van der Waals surface area (Å²) in [5.41, 5.74) is 1.22. The monoisotopic (exact) mass is 275 g/mol. The topological polar surface area (TPSA) is 47.6 Å². The van der Waals surface area contributed by atoms with Gasteiger partial charge in [-0.05, 0) is 49.8 Å². The zero-order chi connectivity index (χ0) is 13.9. The minimum Gasteiger partial charge on any atom is -0.493 e. The molecule has 3 rings (SSSR count). The van der Waals surface area contributed by atoms with Crippen molar-refractivity contribution in [2.24, 2.45) is 0 Å². The molecule has 0 spiro atoms. The fourth-order valence-electron chi connectivity index (χ4n) is 3.04. The van der Waals surface area contributed by atoms with Gasteiger partial charge in [0.1, 0.15) is 0 Å². The van der Waals surface area contributed by atoms with Crippen molar-refractivity contribution in [1.82, 2.24) is 5.32 Å². The van der Waals surface area contributed by atoms with E-state index in [0.29, 0.717) is 12.0 Å². The van der Waals surface area contributed by atoms with Crippen molar-refractivity contribution in [1.29, 1.82) is 0 Å². The predicted molar refractivity (Wildman–Crippen MR) is 76.2 cm³/mol. The van der Waals surface area contributed by atoms with E-state index in [2.05, 4.69) is 17.4 Å². The fourth-order valence-corrected chi connectivity index (χ4v) is 3.04. The van der Waals surface area contributed by atoms with Gasteiger partial charge in [0, 0.05) is 12.0 Å². The smallest absolute Gasteiger partial charge is 0.207 e. The Morgan fingerprint density at radius 2 is 2.05 bits per heavy atom. The summed E-state index contributed by atoms with van der Waals surface area (Å²) in [4.78, 5) is 10.5. The Bertz CT molecular complexity index is 483. The lowest BCUT2D eigenvalue weighted by Crippen LogP contribution is -2.15. The predicted octanol–water partition coefficient (Wildman–Crippen LogP) is 2.62. The molecule has 0 saturated heterocycles. The summed E-state index contributed by atoms with van der Waals surface area (Å²) in [6, 6.07) is 6.39. The van der Waals surface area contributed by atoms with Crippen LogP contribution in [0, 0.1) is 0 Å². The molecular weight excluding hydrogens is 254 g/mol. The molecule has 0 bridgehead atoms. The standard InChI is InChI=1S/C16H21NO3/c1-19-15-7-6-11(13-9-14(13)17-10-18)8-16(15)20-12-4-2-3-5-12/h6-8,10,12-14H,2-5,9H2,1H3,(H,17,18). The third-order valence-electron chi connectivity index (χ3n) is 4.28. The van der Waals surface area contributed by atoms with E-state index in [0.717, 1.165) is 37.2 Å². The number of benzene rings is 1. The van der Waals surface area contributed by atoms with Crippen molar-refractivity contribution in [2.75, 3.05) is 7.11 Å². The SMILES string of the molecule is COc1ccc(C2CC2NC=O)cc1OC1CCCC1. The third kappa shape index (κ3) is 2.74. The van der Waals surface area contributed by atoms with Gasteiger partial charge in [-0.25, -0.2) is 0 Å². The Morgan fingerprint density at radius 1 is 1.25 bits per heavy atom. The van der Waals surface area contributed by atoms with Crippen LogP contribution < -0.4 is 14.8 Å². The van der Waals surface area contributed by atoms with E-state index in [4.69, 9.17) is 9.47 Å². The summed E-state index contributed by atoms with van der Waals surface area (Å²) in [5.74, 6) is 2.05. The highest BCUT2D eigenvalue weighted by molar-refractivity contribution is 5.51. The summed E-state index contributed by atoms with van der Waals surface area (Å²) in [7, 11) is 1.67. The van der Waals surface area contributed by atoms with Crippen LogP contribution in [0.4, 0.5) is 0 Å². The maximum atomic E-state index is 10.5. The van der Waals surface area contributed by atoms with Crippen LogP contribution >= 0.6 is 0 Å². The van der Waals surface area contributed by atoms with E-state index in [1.165, 1.54) is 18.4 Å². The highest BCUT2D eigenvalue weighted by Crippen LogP contribution is 2.43. The van der Waals surface area contributed by atoms with Crippen LogP contribution in [0.15, 0.2) is 18.2 Å². The molecule has 0 heterocycles. The zero-order valence-electron chi connectivity index (χ0n) is 11.8. The van der Waals surface area contributed by atoms with Crippen molar-refractivity contribution in [3.05, 3.63) is 23.8 Å². The molecule has 0 aliphatic heterocycles. The maximum Gasteiger partial charge on any atom is 0.207 e. The maximum absolute atomic E-state index is 10.5. The zero-order valence-corrected chi connectivity index (χ0v) is 11.8. The average Bonchev–Trinajstić information content (AvgIpc) is 3.04. The first-order chi connectivity index (χ1) is 9.81. The van der Waals surface area contributed by atoms with Crippen LogP contribution in [0.1, 0.15) is 43.6 Å². The minimum absolute atomic E-state index is 0.278. The summed E-state index contributed by atoms with van der Waals surface area (Å²) in [5, 5.41) is 2.84. The van der Waals surface area contributed by atoms with Crippen LogP contribution in [0.3, 0.4) is 0 Å². The van der Waals surface area contributed by atoms with Crippen LogP contribution in [0.2, 0.25) is 0 Å². The third-order valence-corrected chi connectivity index (χ3v) is 4.28. The van der Waals surface area contributed by atoms with Gasteiger partial charge in [-0.15, -0.1) is 0 Å². The van der Waals surface area contributed by atoms with Gasteiger partial charge in [0.05, 0.1) is 13.2 Å². The normalized spacial score (nSPS) is 25.2. The molecule has 4 nitrogen and oxygen atoms in total. The van der Waals surface area contributed by atoms with E-state index < -0.39 is 0 Å². The second kappa shape index (κ2) is 5.73. The van der Waals surface area contributed by atoms with Crippen LogP contribution in [-0.4, -0.2) is 25.7 Å². The lowest BCUT2D eigenvalue weighted by atomic mass is 10.1. The molecule has 20 heavy (non-hydrogen) atoms. The van der Waals surface area contributed by atoms with Gasteiger partial charge in [0.25, 0.3) is 0 Å². The Hall–Kier alpha value is -1.71. The van der Waals surface area contributed by atoms with Gasteiger partial charge >= 0.3 is 0 Å². The molecule has 1 aromatic carbocycles. The molecule has 0 radical (unpaired) electrons. The molecule has 108 valence electrons. The van der Waals surface area contributed by atoms with Crippen molar-refractivity contribution >= 4 is 6.41 Å². The molecular formula is C16H21NO3. The molecule has 2 unspecified atom stereocenters. The number of nitrogens with one attached hydrogen (secondary N) is 1. The van der Waals surface area contributed by atoms with Gasteiger partial charge in [0.15, 0.2) is 11.5 Å². The van der Waals surface area contributed by atoms with Crippen LogP contribution in [-0.2, 0) is 4.79 Å². The number of hydrogen-bond donors (Lipinski definition) is 1. The minimum atomic E-state index is 0.278. The Kier molecular flexibility index (Phi) is 3.81. The molecule has 2 atom stereocenters. The van der Waals surface area contributed by atoms with Crippen molar-refractivity contribution in [2.45, 2.75) is 50.2 Å². The first kappa shape index (κ1) is 13.3. The molecule has 1 amide bonds. The molecule has 1 N–H and O–H groups in total. The lowest BCUT2D eigenvalue weighted by molar-refractivity contribution is -0.109. The van der Waals surface area contributed by atoms with E-state index in [-0.39, 0.29) is 6.04 Å². The van der Waals surface area contributed by atoms with Gasteiger partial charge in [-0.1, -0.05) is 6.07 Å². The highest BCUT2D eigenvalue weighted by atomic mass is 16.5. The highest BCUT2D eigenvalue weighted by Gasteiger charge is 2.38. The summed E-state index contributed by atoms with van der Waals surface area (Å²) in [6.45, 7) is 0. The van der Waals surface area contributed by atoms with Gasteiger partial charge in [0.2, 0.25) is 6.41 Å².